The molecule has 0 spiro atoms. The Balaban J connectivity index is 1.94. The van der Waals surface area contributed by atoms with Crippen LogP contribution in [0.15, 0.2) is 35.4 Å². The van der Waals surface area contributed by atoms with Crippen LogP contribution in [0.5, 0.6) is 0 Å². The van der Waals surface area contributed by atoms with Crippen LogP contribution in [0, 0.1) is 0 Å². The smallest absolute Gasteiger partial charge is 0.238 e. The van der Waals surface area contributed by atoms with Crippen molar-refractivity contribution in [1.82, 2.24) is 15.1 Å². The van der Waals surface area contributed by atoms with Crippen LogP contribution in [0.25, 0.3) is 0 Å². The van der Waals surface area contributed by atoms with Crippen molar-refractivity contribution in [1.29, 1.82) is 0 Å². The minimum absolute atomic E-state index is 0.131. The van der Waals surface area contributed by atoms with Crippen LogP contribution in [0.4, 0.5) is 0 Å². The van der Waals surface area contributed by atoms with Gasteiger partial charge in [-0.25, -0.2) is 13.6 Å². The number of nitrogens with one attached hydrogen (secondary N) is 1. The highest BCUT2D eigenvalue weighted by Crippen LogP contribution is 2.10. The molecule has 0 amide bonds. The summed E-state index contributed by atoms with van der Waals surface area (Å²) in [4.78, 5) is 0.131. The van der Waals surface area contributed by atoms with E-state index in [4.69, 9.17) is 5.14 Å². The highest BCUT2D eigenvalue weighted by molar-refractivity contribution is 7.89. The molecule has 1 aromatic heterocycles. The molecule has 0 saturated heterocycles. The number of nitrogens with zero attached hydrogens (tertiary/aromatic N) is 2. The van der Waals surface area contributed by atoms with E-state index >= 15 is 0 Å². The zero-order valence-corrected chi connectivity index (χ0v) is 13.0. The Kier molecular flexibility index (Phi) is 4.76. The number of rotatable bonds is 6. The Bertz CT molecular complexity index is 705. The number of nitrogens with two attached hydrogens (primary N) is 1. The van der Waals surface area contributed by atoms with E-state index in [-0.39, 0.29) is 4.90 Å². The van der Waals surface area contributed by atoms with Gasteiger partial charge < -0.3 is 5.32 Å². The molecular formula is C14H20N4O2S. The quantitative estimate of drug-likeness (QED) is 0.830. The van der Waals surface area contributed by atoms with Crippen LogP contribution in [0.2, 0.25) is 0 Å². The monoisotopic (exact) mass is 308 g/mol. The van der Waals surface area contributed by atoms with Crippen molar-refractivity contribution in [2.75, 3.05) is 0 Å². The van der Waals surface area contributed by atoms with Gasteiger partial charge in [-0.15, -0.1) is 0 Å². The van der Waals surface area contributed by atoms with Gasteiger partial charge in [-0.3, -0.25) is 4.68 Å². The van der Waals surface area contributed by atoms with Gasteiger partial charge in [0.2, 0.25) is 10.0 Å². The molecule has 1 heterocycles. The van der Waals surface area contributed by atoms with Crippen molar-refractivity contribution < 1.29 is 8.42 Å². The number of aryl methyl sites for hydroxylation is 2. The Labute approximate surface area is 125 Å². The lowest BCUT2D eigenvalue weighted by atomic mass is 10.2. The summed E-state index contributed by atoms with van der Waals surface area (Å²) in [5.41, 5.74) is 3.28. The largest absolute Gasteiger partial charge is 0.308 e. The molecule has 2 aromatic rings. The Hall–Kier alpha value is -1.70. The topological polar surface area (TPSA) is 90.0 Å². The van der Waals surface area contributed by atoms with E-state index in [0.717, 1.165) is 24.2 Å². The minimum atomic E-state index is -3.62. The lowest BCUT2D eigenvalue weighted by Gasteiger charge is -2.05. The molecule has 0 bridgehead atoms. The lowest BCUT2D eigenvalue weighted by molar-refractivity contribution is 0.597. The average Bonchev–Trinajstić information content (AvgIpc) is 2.79. The van der Waals surface area contributed by atoms with Gasteiger partial charge in [-0.05, 0) is 24.1 Å². The van der Waals surface area contributed by atoms with E-state index in [1.54, 1.807) is 12.1 Å². The minimum Gasteiger partial charge on any atom is -0.308 e. The van der Waals surface area contributed by atoms with Gasteiger partial charge in [0.25, 0.3) is 0 Å². The maximum Gasteiger partial charge on any atom is 0.238 e. The fourth-order valence-electron chi connectivity index (χ4n) is 2.17. The number of primary sulfonamides is 1. The van der Waals surface area contributed by atoms with E-state index in [0.29, 0.717) is 6.54 Å². The van der Waals surface area contributed by atoms with Crippen molar-refractivity contribution >= 4 is 10.0 Å². The highest BCUT2D eigenvalue weighted by atomic mass is 32.2. The van der Waals surface area contributed by atoms with Crippen molar-refractivity contribution in [2.45, 2.75) is 31.3 Å². The summed E-state index contributed by atoms with van der Waals surface area (Å²) in [6, 6.07) is 6.56. The van der Waals surface area contributed by atoms with Gasteiger partial charge >= 0.3 is 0 Å². The van der Waals surface area contributed by atoms with Gasteiger partial charge in [0.15, 0.2) is 0 Å². The first-order valence-electron chi connectivity index (χ1n) is 6.74. The van der Waals surface area contributed by atoms with Crippen LogP contribution in [-0.4, -0.2) is 18.2 Å². The highest BCUT2D eigenvalue weighted by Gasteiger charge is 2.07. The molecule has 114 valence electrons. The molecule has 0 aliphatic carbocycles. The predicted octanol–water partition coefficient (Wildman–Crippen LogP) is 0.920. The summed E-state index contributed by atoms with van der Waals surface area (Å²) in [5, 5.41) is 12.8. The second kappa shape index (κ2) is 6.38. The molecule has 0 fully saturated rings. The molecule has 2 rings (SSSR count). The standard InChI is InChI=1S/C14H20N4O2S/c1-3-14-12(10-18(2)17-14)9-16-8-11-4-6-13(7-5-11)21(15,19)20/h4-7,10,16H,3,8-9H2,1-2H3,(H2,15,19,20). The summed E-state index contributed by atoms with van der Waals surface area (Å²) in [6.45, 7) is 3.47. The van der Waals surface area contributed by atoms with Crippen molar-refractivity contribution in [3.8, 4) is 0 Å². The number of hydrogen-bond donors (Lipinski definition) is 2. The molecule has 21 heavy (non-hydrogen) atoms. The molecule has 1 aromatic carbocycles. The van der Waals surface area contributed by atoms with E-state index in [1.807, 2.05) is 17.9 Å². The fraction of sp³-hybridized carbons (Fsp3) is 0.357. The molecule has 0 aliphatic heterocycles. The van der Waals surface area contributed by atoms with E-state index in [9.17, 15) is 8.42 Å². The molecule has 0 aliphatic rings. The van der Waals surface area contributed by atoms with Crippen molar-refractivity contribution in [3.05, 3.63) is 47.3 Å². The number of sulfonamides is 1. The third-order valence-corrected chi connectivity index (χ3v) is 4.15. The predicted molar refractivity (Wildman–Crippen MR) is 80.9 cm³/mol. The summed E-state index contributed by atoms with van der Waals surface area (Å²) in [5.74, 6) is 0. The van der Waals surface area contributed by atoms with Gasteiger partial charge in [0, 0.05) is 31.9 Å². The summed E-state index contributed by atoms with van der Waals surface area (Å²) in [7, 11) is -1.71. The Morgan fingerprint density at radius 1 is 1.24 bits per heavy atom. The second-order valence-electron chi connectivity index (χ2n) is 4.92. The van der Waals surface area contributed by atoms with Crippen molar-refractivity contribution in [2.24, 2.45) is 12.2 Å². The Morgan fingerprint density at radius 3 is 2.48 bits per heavy atom. The van der Waals surface area contributed by atoms with Crippen LogP contribution < -0.4 is 10.5 Å². The molecule has 0 radical (unpaired) electrons. The van der Waals surface area contributed by atoms with Crippen LogP contribution >= 0.6 is 0 Å². The maximum atomic E-state index is 11.2. The van der Waals surface area contributed by atoms with Crippen molar-refractivity contribution in [3.63, 3.8) is 0 Å². The molecule has 0 atom stereocenters. The van der Waals surface area contributed by atoms with Gasteiger partial charge in [0.1, 0.15) is 0 Å². The molecule has 6 nitrogen and oxygen atoms in total. The third kappa shape index (κ3) is 4.13. The zero-order chi connectivity index (χ0) is 15.5. The summed E-state index contributed by atoms with van der Waals surface area (Å²) >= 11 is 0. The van der Waals surface area contributed by atoms with Gasteiger partial charge in [0.05, 0.1) is 10.6 Å². The molecule has 0 unspecified atom stereocenters. The fourth-order valence-corrected chi connectivity index (χ4v) is 2.68. The first-order valence-corrected chi connectivity index (χ1v) is 8.28. The number of hydrogen-bond acceptors (Lipinski definition) is 4. The molecule has 7 heteroatoms. The molecule has 0 saturated carbocycles. The third-order valence-electron chi connectivity index (χ3n) is 3.22. The van der Waals surface area contributed by atoms with Gasteiger partial charge in [-0.1, -0.05) is 19.1 Å². The number of aromatic nitrogens is 2. The van der Waals surface area contributed by atoms with Gasteiger partial charge in [-0.2, -0.15) is 5.10 Å². The summed E-state index contributed by atoms with van der Waals surface area (Å²) in [6.07, 6.45) is 2.91. The second-order valence-corrected chi connectivity index (χ2v) is 6.48. The van der Waals surface area contributed by atoms with Crippen LogP contribution in [0.1, 0.15) is 23.7 Å². The van der Waals surface area contributed by atoms with E-state index < -0.39 is 10.0 Å². The molecule has 3 N–H and O–H groups in total. The average molecular weight is 308 g/mol. The normalized spacial score (nSPS) is 11.8. The van der Waals surface area contributed by atoms with Crippen LogP contribution in [0.3, 0.4) is 0 Å². The zero-order valence-electron chi connectivity index (χ0n) is 12.2. The number of benzene rings is 1. The van der Waals surface area contributed by atoms with E-state index in [2.05, 4.69) is 17.3 Å². The maximum absolute atomic E-state index is 11.2. The first kappa shape index (κ1) is 15.7. The van der Waals surface area contributed by atoms with E-state index in [1.165, 1.54) is 17.7 Å². The SMILES string of the molecule is CCc1nn(C)cc1CNCc1ccc(S(N)(=O)=O)cc1. The lowest BCUT2D eigenvalue weighted by Crippen LogP contribution is -2.14. The summed E-state index contributed by atoms with van der Waals surface area (Å²) < 4.78 is 24.2. The molecular weight excluding hydrogens is 288 g/mol. The van der Waals surface area contributed by atoms with Crippen LogP contribution in [-0.2, 0) is 36.6 Å². The first-order chi connectivity index (χ1) is 9.90. The Morgan fingerprint density at radius 2 is 1.90 bits per heavy atom.